The average molecular weight is 388 g/mol. The van der Waals surface area contributed by atoms with Crippen LogP contribution in [0.3, 0.4) is 0 Å². The summed E-state index contributed by atoms with van der Waals surface area (Å²) in [4.78, 5) is 17.3. The molecule has 3 aromatic rings. The number of rotatable bonds is 5. The molecule has 26 heavy (non-hydrogen) atoms. The number of nitrogens with zero attached hydrogens (tertiary/aromatic N) is 2. The fourth-order valence-corrected chi connectivity index (χ4v) is 3.28. The third kappa shape index (κ3) is 3.57. The molecule has 0 aliphatic rings. The standard InChI is InChI=1S/C19H18ClN3O2S/c1-12-9-15(17(25-2)10-14(12)20)22-18(24)16-11-21-19(26-3)23(16)13-7-5-4-6-8-13/h4-11H,1-3H3,(H,22,24). The highest BCUT2D eigenvalue weighted by Crippen LogP contribution is 2.31. The van der Waals surface area contributed by atoms with E-state index < -0.39 is 0 Å². The molecule has 134 valence electrons. The van der Waals surface area contributed by atoms with E-state index in [1.54, 1.807) is 18.3 Å². The highest BCUT2D eigenvalue weighted by molar-refractivity contribution is 7.98. The van der Waals surface area contributed by atoms with Crippen LogP contribution < -0.4 is 10.1 Å². The summed E-state index contributed by atoms with van der Waals surface area (Å²) in [7, 11) is 1.54. The number of thioether (sulfide) groups is 1. The van der Waals surface area contributed by atoms with E-state index in [-0.39, 0.29) is 5.91 Å². The minimum atomic E-state index is -0.276. The Labute approximate surface area is 161 Å². The number of anilines is 1. The zero-order valence-electron chi connectivity index (χ0n) is 14.6. The molecule has 1 aromatic heterocycles. The van der Waals surface area contributed by atoms with E-state index >= 15 is 0 Å². The molecule has 1 N–H and O–H groups in total. The van der Waals surface area contributed by atoms with Gasteiger partial charge in [0.05, 0.1) is 19.0 Å². The van der Waals surface area contributed by atoms with Crippen molar-refractivity contribution in [1.29, 1.82) is 0 Å². The SMILES string of the molecule is COc1cc(Cl)c(C)cc1NC(=O)c1cnc(SC)n1-c1ccccc1. The molecule has 0 spiro atoms. The third-order valence-electron chi connectivity index (χ3n) is 3.89. The molecule has 1 amide bonds. The number of imidazole rings is 1. The number of carbonyl (C=O) groups is 1. The molecule has 0 unspecified atom stereocenters. The van der Waals surface area contributed by atoms with Crippen molar-refractivity contribution in [3.05, 3.63) is 64.9 Å². The van der Waals surface area contributed by atoms with Gasteiger partial charge < -0.3 is 10.1 Å². The fraction of sp³-hybridized carbons (Fsp3) is 0.158. The van der Waals surface area contributed by atoms with Gasteiger partial charge in [-0.25, -0.2) is 4.98 Å². The van der Waals surface area contributed by atoms with E-state index in [4.69, 9.17) is 16.3 Å². The minimum absolute atomic E-state index is 0.276. The molecule has 0 aliphatic carbocycles. The first kappa shape index (κ1) is 18.4. The quantitative estimate of drug-likeness (QED) is 0.638. The maximum atomic E-state index is 12.9. The van der Waals surface area contributed by atoms with E-state index in [2.05, 4.69) is 10.3 Å². The monoisotopic (exact) mass is 387 g/mol. The Balaban J connectivity index is 2.00. The number of hydrogen-bond donors (Lipinski definition) is 1. The second-order valence-corrected chi connectivity index (χ2v) is 6.74. The number of nitrogens with one attached hydrogen (secondary N) is 1. The summed E-state index contributed by atoms with van der Waals surface area (Å²) in [6.07, 6.45) is 3.50. The van der Waals surface area contributed by atoms with Crippen LogP contribution in [0.4, 0.5) is 5.69 Å². The summed E-state index contributed by atoms with van der Waals surface area (Å²) in [6.45, 7) is 1.87. The Morgan fingerprint density at radius 3 is 2.65 bits per heavy atom. The number of methoxy groups -OCH3 is 1. The van der Waals surface area contributed by atoms with E-state index in [1.807, 2.05) is 48.1 Å². The molecule has 0 radical (unpaired) electrons. The lowest BCUT2D eigenvalue weighted by Crippen LogP contribution is -2.17. The highest BCUT2D eigenvalue weighted by Gasteiger charge is 2.19. The second-order valence-electron chi connectivity index (χ2n) is 5.56. The number of benzene rings is 2. The number of ether oxygens (including phenoxy) is 1. The first-order valence-electron chi connectivity index (χ1n) is 7.87. The summed E-state index contributed by atoms with van der Waals surface area (Å²) in [5, 5.41) is 4.22. The van der Waals surface area contributed by atoms with Crippen LogP contribution in [0.2, 0.25) is 5.02 Å². The largest absolute Gasteiger partial charge is 0.495 e. The summed E-state index contributed by atoms with van der Waals surface area (Å²) < 4.78 is 7.16. The summed E-state index contributed by atoms with van der Waals surface area (Å²) in [5.41, 5.74) is 2.73. The van der Waals surface area contributed by atoms with Gasteiger partial charge >= 0.3 is 0 Å². The number of carbonyl (C=O) groups excluding carboxylic acids is 1. The molecule has 0 saturated carbocycles. The van der Waals surface area contributed by atoms with Crippen molar-refractivity contribution in [2.75, 3.05) is 18.7 Å². The maximum Gasteiger partial charge on any atom is 0.274 e. The van der Waals surface area contributed by atoms with Crippen molar-refractivity contribution in [1.82, 2.24) is 9.55 Å². The Kier molecular flexibility index (Phi) is 5.54. The number of aryl methyl sites for hydroxylation is 1. The van der Waals surface area contributed by atoms with Crippen molar-refractivity contribution in [2.45, 2.75) is 12.1 Å². The van der Waals surface area contributed by atoms with E-state index in [1.165, 1.54) is 18.9 Å². The van der Waals surface area contributed by atoms with Gasteiger partial charge in [-0.1, -0.05) is 41.6 Å². The van der Waals surface area contributed by atoms with Crippen molar-refractivity contribution in [2.24, 2.45) is 0 Å². The van der Waals surface area contributed by atoms with Gasteiger partial charge in [0.15, 0.2) is 5.16 Å². The van der Waals surface area contributed by atoms with Crippen LogP contribution in [-0.2, 0) is 0 Å². The molecule has 0 atom stereocenters. The average Bonchev–Trinajstić information content (AvgIpc) is 3.09. The molecule has 0 fully saturated rings. The van der Waals surface area contributed by atoms with Crippen molar-refractivity contribution >= 4 is 35.0 Å². The van der Waals surface area contributed by atoms with Crippen LogP contribution in [0.1, 0.15) is 16.1 Å². The van der Waals surface area contributed by atoms with Gasteiger partial charge in [-0.3, -0.25) is 9.36 Å². The number of aromatic nitrogens is 2. The lowest BCUT2D eigenvalue weighted by Gasteiger charge is -2.14. The van der Waals surface area contributed by atoms with Crippen LogP contribution in [0.5, 0.6) is 5.75 Å². The van der Waals surface area contributed by atoms with Gasteiger partial charge in [0.25, 0.3) is 5.91 Å². The third-order valence-corrected chi connectivity index (χ3v) is 4.95. The van der Waals surface area contributed by atoms with Crippen molar-refractivity contribution in [3.8, 4) is 11.4 Å². The topological polar surface area (TPSA) is 56.1 Å². The number of para-hydroxylation sites is 1. The molecule has 2 aromatic carbocycles. The molecule has 0 aliphatic heterocycles. The normalized spacial score (nSPS) is 10.6. The number of amides is 1. The minimum Gasteiger partial charge on any atom is -0.495 e. The molecule has 5 nitrogen and oxygen atoms in total. The lowest BCUT2D eigenvalue weighted by molar-refractivity contribution is 0.101. The zero-order valence-corrected chi connectivity index (χ0v) is 16.2. The van der Waals surface area contributed by atoms with Crippen LogP contribution in [-0.4, -0.2) is 28.8 Å². The molecular formula is C19H18ClN3O2S. The predicted molar refractivity (Wildman–Crippen MR) is 106 cm³/mol. The van der Waals surface area contributed by atoms with Gasteiger partial charge in [0.1, 0.15) is 11.4 Å². The van der Waals surface area contributed by atoms with Crippen LogP contribution in [0.25, 0.3) is 5.69 Å². The van der Waals surface area contributed by atoms with E-state index in [0.29, 0.717) is 22.2 Å². The maximum absolute atomic E-state index is 12.9. The van der Waals surface area contributed by atoms with Gasteiger partial charge in [-0.05, 0) is 36.9 Å². The molecule has 7 heteroatoms. The van der Waals surface area contributed by atoms with Crippen LogP contribution in [0.15, 0.2) is 53.8 Å². The summed E-state index contributed by atoms with van der Waals surface area (Å²) >= 11 is 7.61. The lowest BCUT2D eigenvalue weighted by atomic mass is 10.2. The molecule has 1 heterocycles. The molecule has 3 rings (SSSR count). The Morgan fingerprint density at radius 1 is 1.27 bits per heavy atom. The predicted octanol–water partition coefficient (Wildman–Crippen LogP) is 4.82. The Morgan fingerprint density at radius 2 is 2.00 bits per heavy atom. The van der Waals surface area contributed by atoms with E-state index in [0.717, 1.165) is 16.4 Å². The van der Waals surface area contributed by atoms with Crippen molar-refractivity contribution < 1.29 is 9.53 Å². The van der Waals surface area contributed by atoms with Gasteiger partial charge in [-0.15, -0.1) is 0 Å². The summed E-state index contributed by atoms with van der Waals surface area (Å²) in [6, 6.07) is 13.1. The Bertz CT molecular complexity index is 941. The van der Waals surface area contributed by atoms with Crippen LogP contribution in [0, 0.1) is 6.92 Å². The molecule has 0 bridgehead atoms. The summed E-state index contributed by atoms with van der Waals surface area (Å²) in [5.74, 6) is 0.228. The van der Waals surface area contributed by atoms with Gasteiger partial charge in [-0.2, -0.15) is 0 Å². The first-order chi connectivity index (χ1) is 12.5. The molecular weight excluding hydrogens is 370 g/mol. The first-order valence-corrected chi connectivity index (χ1v) is 9.48. The second kappa shape index (κ2) is 7.85. The fourth-order valence-electron chi connectivity index (χ4n) is 2.58. The van der Waals surface area contributed by atoms with Crippen molar-refractivity contribution in [3.63, 3.8) is 0 Å². The smallest absolute Gasteiger partial charge is 0.274 e. The number of hydrogen-bond acceptors (Lipinski definition) is 4. The van der Waals surface area contributed by atoms with Gasteiger partial charge in [0.2, 0.25) is 0 Å². The van der Waals surface area contributed by atoms with Crippen LogP contribution >= 0.6 is 23.4 Å². The van der Waals surface area contributed by atoms with Gasteiger partial charge in [0, 0.05) is 16.8 Å². The number of halogens is 1. The molecule has 0 saturated heterocycles. The highest BCUT2D eigenvalue weighted by atomic mass is 35.5. The Hall–Kier alpha value is -2.44. The van der Waals surface area contributed by atoms with E-state index in [9.17, 15) is 4.79 Å². The zero-order chi connectivity index (χ0) is 18.7.